The average molecular weight is 308 g/mol. The molecule has 1 aromatic carbocycles. The van der Waals surface area contributed by atoms with Crippen molar-refractivity contribution >= 4 is 21.6 Å². The lowest BCUT2D eigenvalue weighted by Gasteiger charge is -2.11. The summed E-state index contributed by atoms with van der Waals surface area (Å²) in [6, 6.07) is 4.28. The molecule has 108 valence electrons. The lowest BCUT2D eigenvalue weighted by atomic mass is 10.2. The molecule has 19 heavy (non-hydrogen) atoms. The first kappa shape index (κ1) is 16.2. The number of halogens is 1. The molecular weight excluding hydrogens is 290 g/mol. The highest BCUT2D eigenvalue weighted by molar-refractivity contribution is 7.89. The number of rotatable bonds is 7. The third-order valence-electron chi connectivity index (χ3n) is 2.15. The first-order valence-electron chi connectivity index (χ1n) is 5.83. The van der Waals surface area contributed by atoms with Gasteiger partial charge in [-0.25, -0.2) is 13.6 Å². The van der Waals surface area contributed by atoms with E-state index < -0.39 is 10.0 Å². The highest BCUT2D eigenvalue weighted by Crippen LogP contribution is 2.26. The molecule has 0 saturated carbocycles. The van der Waals surface area contributed by atoms with Crippen molar-refractivity contribution in [3.63, 3.8) is 0 Å². The molecule has 0 saturated heterocycles. The molecule has 7 heteroatoms. The molecule has 2 N–H and O–H groups in total. The number of sulfonamides is 1. The van der Waals surface area contributed by atoms with E-state index >= 15 is 0 Å². The van der Waals surface area contributed by atoms with Crippen LogP contribution in [0.2, 0.25) is 5.02 Å². The summed E-state index contributed by atoms with van der Waals surface area (Å²) < 4.78 is 33.5. The van der Waals surface area contributed by atoms with Crippen molar-refractivity contribution in [2.24, 2.45) is 11.1 Å². The Morgan fingerprint density at radius 2 is 2.00 bits per heavy atom. The second kappa shape index (κ2) is 7.09. The van der Waals surface area contributed by atoms with Gasteiger partial charge >= 0.3 is 0 Å². The number of benzene rings is 1. The number of hydrogen-bond acceptors (Lipinski definition) is 4. The predicted octanol–water partition coefficient (Wildman–Crippen LogP) is 2.04. The Morgan fingerprint density at radius 1 is 1.32 bits per heavy atom. The number of primary sulfonamides is 1. The molecule has 0 bridgehead atoms. The molecule has 0 unspecified atom stereocenters. The average Bonchev–Trinajstić information content (AvgIpc) is 2.28. The van der Waals surface area contributed by atoms with E-state index in [-0.39, 0.29) is 22.3 Å². The predicted molar refractivity (Wildman–Crippen MR) is 74.0 cm³/mol. The van der Waals surface area contributed by atoms with Gasteiger partial charge in [0.05, 0.1) is 6.61 Å². The van der Waals surface area contributed by atoms with Crippen LogP contribution >= 0.6 is 11.6 Å². The Hall–Kier alpha value is -0.820. The lowest BCUT2D eigenvalue weighted by molar-refractivity contribution is 0.0811. The fourth-order valence-electron chi connectivity index (χ4n) is 1.35. The molecule has 1 aromatic rings. The van der Waals surface area contributed by atoms with Crippen LogP contribution < -0.4 is 9.88 Å². The molecule has 1 rings (SSSR count). The molecule has 0 radical (unpaired) electrons. The zero-order valence-corrected chi connectivity index (χ0v) is 12.5. The highest BCUT2D eigenvalue weighted by atomic mass is 35.5. The number of ether oxygens (including phenoxy) is 2. The summed E-state index contributed by atoms with van der Waals surface area (Å²) >= 11 is 5.74. The normalized spacial score (nSPS) is 11.8. The van der Waals surface area contributed by atoms with E-state index in [9.17, 15) is 8.42 Å². The molecule has 0 heterocycles. The quantitative estimate of drug-likeness (QED) is 0.782. The maximum Gasteiger partial charge on any atom is 0.241 e. The van der Waals surface area contributed by atoms with Gasteiger partial charge in [-0.2, -0.15) is 0 Å². The standard InChI is InChI=1S/C12H18ClNO4S/c1-9(2)8-17-5-6-18-11-4-3-10(13)7-12(11)19(14,15)16/h3-4,7,9H,5-6,8H2,1-2H3,(H2,14,15,16). The number of nitrogens with two attached hydrogens (primary N) is 1. The van der Waals surface area contributed by atoms with Crippen LogP contribution in [-0.4, -0.2) is 28.2 Å². The van der Waals surface area contributed by atoms with Crippen molar-refractivity contribution in [2.75, 3.05) is 19.8 Å². The van der Waals surface area contributed by atoms with Crippen LogP contribution in [0.4, 0.5) is 0 Å². The van der Waals surface area contributed by atoms with Crippen molar-refractivity contribution in [1.82, 2.24) is 0 Å². The monoisotopic (exact) mass is 307 g/mol. The molecule has 0 aromatic heterocycles. The number of hydrogen-bond donors (Lipinski definition) is 1. The summed E-state index contributed by atoms with van der Waals surface area (Å²) in [4.78, 5) is -0.121. The van der Waals surface area contributed by atoms with Crippen LogP contribution in [0.3, 0.4) is 0 Å². The van der Waals surface area contributed by atoms with Gasteiger partial charge in [-0.05, 0) is 24.1 Å². The van der Waals surface area contributed by atoms with Gasteiger partial charge < -0.3 is 9.47 Å². The largest absolute Gasteiger partial charge is 0.490 e. The zero-order valence-electron chi connectivity index (χ0n) is 10.9. The SMILES string of the molecule is CC(C)COCCOc1ccc(Cl)cc1S(N)(=O)=O. The van der Waals surface area contributed by atoms with Gasteiger partial charge in [0.15, 0.2) is 0 Å². The summed E-state index contributed by atoms with van der Waals surface area (Å²) in [5.41, 5.74) is 0. The fraction of sp³-hybridized carbons (Fsp3) is 0.500. The van der Waals surface area contributed by atoms with E-state index in [0.29, 0.717) is 19.1 Å². The third kappa shape index (κ3) is 5.78. The molecule has 0 aliphatic heterocycles. The molecule has 0 aliphatic carbocycles. The van der Waals surface area contributed by atoms with E-state index in [1.165, 1.54) is 12.1 Å². The zero-order chi connectivity index (χ0) is 14.5. The molecule has 0 amide bonds. The van der Waals surface area contributed by atoms with E-state index in [4.69, 9.17) is 26.2 Å². The summed E-state index contributed by atoms with van der Waals surface area (Å²) in [5, 5.41) is 5.38. The van der Waals surface area contributed by atoms with Crippen LogP contribution in [-0.2, 0) is 14.8 Å². The van der Waals surface area contributed by atoms with Gasteiger partial charge in [0.2, 0.25) is 10.0 Å². The first-order valence-corrected chi connectivity index (χ1v) is 7.76. The van der Waals surface area contributed by atoms with Gasteiger partial charge in [0, 0.05) is 11.6 Å². The highest BCUT2D eigenvalue weighted by Gasteiger charge is 2.15. The van der Waals surface area contributed by atoms with Crippen LogP contribution in [0, 0.1) is 5.92 Å². The van der Waals surface area contributed by atoms with E-state index in [2.05, 4.69) is 0 Å². The van der Waals surface area contributed by atoms with Crippen LogP contribution in [0.5, 0.6) is 5.75 Å². The van der Waals surface area contributed by atoms with Gasteiger partial charge in [-0.15, -0.1) is 0 Å². The Morgan fingerprint density at radius 3 is 2.58 bits per heavy atom. The van der Waals surface area contributed by atoms with Gasteiger partial charge in [-0.3, -0.25) is 0 Å². The third-order valence-corrected chi connectivity index (χ3v) is 3.32. The topological polar surface area (TPSA) is 78.6 Å². The van der Waals surface area contributed by atoms with Crippen LogP contribution in [0.25, 0.3) is 0 Å². The van der Waals surface area contributed by atoms with E-state index in [1.807, 2.05) is 13.8 Å². The maximum atomic E-state index is 11.4. The van der Waals surface area contributed by atoms with Gasteiger partial charge in [0.25, 0.3) is 0 Å². The summed E-state index contributed by atoms with van der Waals surface area (Å²) in [7, 11) is -3.86. The second-order valence-corrected chi connectivity index (χ2v) is 6.42. The molecule has 0 fully saturated rings. The van der Waals surface area contributed by atoms with Crippen molar-refractivity contribution in [3.05, 3.63) is 23.2 Å². The summed E-state index contributed by atoms with van der Waals surface area (Å²) in [5.74, 6) is 0.621. The summed E-state index contributed by atoms with van der Waals surface area (Å²) in [6.45, 7) is 5.34. The Labute approximate surface area is 118 Å². The van der Waals surface area contributed by atoms with Crippen LogP contribution in [0.15, 0.2) is 23.1 Å². The summed E-state index contributed by atoms with van der Waals surface area (Å²) in [6.07, 6.45) is 0. The Balaban J connectivity index is 2.64. The van der Waals surface area contributed by atoms with Crippen molar-refractivity contribution in [1.29, 1.82) is 0 Å². The van der Waals surface area contributed by atoms with Crippen molar-refractivity contribution < 1.29 is 17.9 Å². The minimum absolute atomic E-state index is 0.121. The molecule has 0 spiro atoms. The van der Waals surface area contributed by atoms with E-state index in [1.54, 1.807) is 6.07 Å². The Bertz CT molecular complexity index is 516. The minimum atomic E-state index is -3.86. The first-order chi connectivity index (χ1) is 8.80. The van der Waals surface area contributed by atoms with Gasteiger partial charge in [0.1, 0.15) is 17.3 Å². The minimum Gasteiger partial charge on any atom is -0.490 e. The second-order valence-electron chi connectivity index (χ2n) is 4.45. The molecule has 5 nitrogen and oxygen atoms in total. The molecule has 0 atom stereocenters. The van der Waals surface area contributed by atoms with E-state index in [0.717, 1.165) is 0 Å². The van der Waals surface area contributed by atoms with Gasteiger partial charge in [-0.1, -0.05) is 25.4 Å². The van der Waals surface area contributed by atoms with Crippen molar-refractivity contribution in [2.45, 2.75) is 18.7 Å². The molecular formula is C12H18ClNO4S. The Kier molecular flexibility index (Phi) is 6.06. The smallest absolute Gasteiger partial charge is 0.241 e. The van der Waals surface area contributed by atoms with Crippen LogP contribution in [0.1, 0.15) is 13.8 Å². The molecule has 0 aliphatic rings. The lowest BCUT2D eigenvalue weighted by Crippen LogP contribution is -2.16. The van der Waals surface area contributed by atoms with Crippen molar-refractivity contribution in [3.8, 4) is 5.75 Å². The maximum absolute atomic E-state index is 11.4. The fourth-order valence-corrected chi connectivity index (χ4v) is 2.29.